The lowest BCUT2D eigenvalue weighted by Crippen LogP contribution is -2.27. The predicted molar refractivity (Wildman–Crippen MR) is 132 cm³/mol. The molecule has 0 bridgehead atoms. The molecule has 0 radical (unpaired) electrons. The van der Waals surface area contributed by atoms with Crippen molar-refractivity contribution in [3.8, 4) is 11.5 Å². The summed E-state index contributed by atoms with van der Waals surface area (Å²) in [4.78, 5) is 24.7. The summed E-state index contributed by atoms with van der Waals surface area (Å²) in [5.74, 6) is -1.42. The topological polar surface area (TPSA) is 72.7 Å². The zero-order chi connectivity index (χ0) is 26.2. The molecule has 1 heterocycles. The third-order valence-electron chi connectivity index (χ3n) is 4.82. The van der Waals surface area contributed by atoms with Gasteiger partial charge in [-0.1, -0.05) is 47.7 Å². The summed E-state index contributed by atoms with van der Waals surface area (Å²) in [6, 6.07) is 11.7. The first kappa shape index (κ1) is 25.6. The molecule has 6 nitrogen and oxygen atoms in total. The highest BCUT2D eigenvalue weighted by atomic mass is 35.5. The lowest BCUT2D eigenvalue weighted by atomic mass is 10.1. The van der Waals surface area contributed by atoms with Gasteiger partial charge in [-0.15, -0.1) is 0 Å². The van der Waals surface area contributed by atoms with E-state index in [4.69, 9.17) is 28.6 Å². The molecule has 0 unspecified atom stereocenters. The lowest BCUT2D eigenvalue weighted by Gasteiger charge is -2.14. The fourth-order valence-electron chi connectivity index (χ4n) is 3.18. The molecule has 1 amide bonds. The van der Waals surface area contributed by atoms with Gasteiger partial charge in [0.25, 0.3) is 5.91 Å². The Labute approximate surface area is 215 Å². The number of thioether (sulfide) groups is 1. The average Bonchev–Trinajstić information content (AvgIpc) is 3.08. The van der Waals surface area contributed by atoms with E-state index in [0.29, 0.717) is 23.4 Å². The van der Waals surface area contributed by atoms with E-state index in [2.05, 4.69) is 0 Å². The fourth-order valence-corrected chi connectivity index (χ4v) is 4.66. The van der Waals surface area contributed by atoms with Crippen LogP contribution in [0.1, 0.15) is 11.1 Å². The zero-order valence-electron chi connectivity index (χ0n) is 17.6. The van der Waals surface area contributed by atoms with E-state index >= 15 is 0 Å². The molecule has 4 rings (SSSR count). The maximum absolute atomic E-state index is 13.5. The molecule has 0 spiro atoms. The lowest BCUT2D eigenvalue weighted by molar-refractivity contribution is -0.385. The van der Waals surface area contributed by atoms with E-state index in [0.717, 1.165) is 23.9 Å². The van der Waals surface area contributed by atoms with Crippen LogP contribution >= 0.6 is 35.6 Å². The molecule has 13 heteroatoms. The van der Waals surface area contributed by atoms with Gasteiger partial charge >= 0.3 is 11.9 Å². The number of nitro benzene ring substituents is 1. The monoisotopic (exact) mass is 554 g/mol. The number of thiocarbonyl (C=S) groups is 1. The zero-order valence-corrected chi connectivity index (χ0v) is 20.0. The number of nitro groups is 1. The molecule has 0 aliphatic carbocycles. The number of hydrogen-bond acceptors (Lipinski definition) is 6. The van der Waals surface area contributed by atoms with Crippen molar-refractivity contribution in [1.29, 1.82) is 0 Å². The smallest absolute Gasteiger partial charge is 0.416 e. The van der Waals surface area contributed by atoms with Gasteiger partial charge in [0.05, 0.1) is 26.1 Å². The van der Waals surface area contributed by atoms with Gasteiger partial charge in [0.15, 0.2) is 4.32 Å². The van der Waals surface area contributed by atoms with Gasteiger partial charge in [-0.2, -0.15) is 13.2 Å². The van der Waals surface area contributed by atoms with Crippen LogP contribution in [0.15, 0.2) is 65.6 Å². The number of carbonyl (C=O) groups excluding carboxylic acids is 1. The molecular formula is C23H11ClF4N2O4S2. The number of anilines is 1. The van der Waals surface area contributed by atoms with Gasteiger partial charge in [-0.3, -0.25) is 19.8 Å². The van der Waals surface area contributed by atoms with Gasteiger partial charge < -0.3 is 4.74 Å². The molecule has 1 aliphatic heterocycles. The van der Waals surface area contributed by atoms with E-state index in [1.54, 1.807) is 6.07 Å². The molecule has 0 saturated carbocycles. The number of amides is 1. The second kappa shape index (κ2) is 9.88. The van der Waals surface area contributed by atoms with E-state index in [1.807, 2.05) is 0 Å². The number of benzene rings is 3. The summed E-state index contributed by atoms with van der Waals surface area (Å²) < 4.78 is 58.0. The highest BCUT2D eigenvalue weighted by molar-refractivity contribution is 8.27. The third-order valence-corrected chi connectivity index (χ3v) is 6.41. The van der Waals surface area contributed by atoms with Crippen LogP contribution in [0, 0.1) is 15.9 Å². The van der Waals surface area contributed by atoms with E-state index < -0.39 is 34.1 Å². The van der Waals surface area contributed by atoms with Crippen LogP contribution in [0.2, 0.25) is 5.02 Å². The van der Waals surface area contributed by atoms with Crippen molar-refractivity contribution in [1.82, 2.24) is 0 Å². The molecule has 1 saturated heterocycles. The van der Waals surface area contributed by atoms with Crippen LogP contribution in [0.25, 0.3) is 6.08 Å². The summed E-state index contributed by atoms with van der Waals surface area (Å²) in [5.41, 5.74) is -1.28. The quantitative estimate of drug-likeness (QED) is 0.106. The molecule has 36 heavy (non-hydrogen) atoms. The fraction of sp³-hybridized carbons (Fsp3) is 0.0435. The first-order valence-corrected chi connectivity index (χ1v) is 11.4. The number of halogens is 5. The Balaban J connectivity index is 1.60. The molecule has 3 aromatic rings. The Hall–Kier alpha value is -3.48. The Morgan fingerprint density at radius 3 is 2.53 bits per heavy atom. The maximum Gasteiger partial charge on any atom is 0.416 e. The van der Waals surface area contributed by atoms with E-state index in [9.17, 15) is 32.5 Å². The number of rotatable bonds is 5. The second-order valence-electron chi connectivity index (χ2n) is 7.23. The first-order valence-electron chi connectivity index (χ1n) is 9.80. The van der Waals surface area contributed by atoms with Gasteiger partial charge in [0, 0.05) is 6.07 Å². The van der Waals surface area contributed by atoms with E-state index in [-0.39, 0.29) is 25.7 Å². The minimum Gasteiger partial charge on any atom is -0.450 e. The number of hydrogen-bond donors (Lipinski definition) is 0. The Morgan fingerprint density at radius 2 is 1.86 bits per heavy atom. The van der Waals surface area contributed by atoms with Crippen LogP contribution < -0.4 is 9.64 Å². The van der Waals surface area contributed by atoms with Crippen LogP contribution in [0.4, 0.5) is 28.9 Å². The molecule has 0 N–H and O–H groups in total. The summed E-state index contributed by atoms with van der Waals surface area (Å²) >= 11 is 12.1. The Kier molecular flexibility index (Phi) is 7.03. The Bertz CT molecular complexity index is 1450. The molecule has 0 aromatic heterocycles. The van der Waals surface area contributed by atoms with Crippen molar-refractivity contribution in [2.24, 2.45) is 0 Å². The van der Waals surface area contributed by atoms with Crippen LogP contribution in [0.5, 0.6) is 11.5 Å². The highest BCUT2D eigenvalue weighted by Gasteiger charge is 2.34. The maximum atomic E-state index is 13.5. The minimum atomic E-state index is -4.76. The molecule has 1 aliphatic rings. The predicted octanol–water partition coefficient (Wildman–Crippen LogP) is 7.60. The number of nitrogens with zero attached hydrogens (tertiary/aromatic N) is 2. The van der Waals surface area contributed by atoms with Crippen molar-refractivity contribution in [2.75, 3.05) is 4.90 Å². The van der Waals surface area contributed by atoms with E-state index in [1.165, 1.54) is 41.3 Å². The number of ether oxygens (including phenoxy) is 1. The summed E-state index contributed by atoms with van der Waals surface area (Å²) in [6.07, 6.45) is -3.26. The van der Waals surface area contributed by atoms with Crippen LogP contribution in [-0.4, -0.2) is 15.2 Å². The van der Waals surface area contributed by atoms with Crippen molar-refractivity contribution in [2.45, 2.75) is 6.18 Å². The van der Waals surface area contributed by atoms with Gasteiger partial charge in [0.1, 0.15) is 11.6 Å². The van der Waals surface area contributed by atoms with Gasteiger partial charge in [-0.05, 0) is 54.1 Å². The first-order chi connectivity index (χ1) is 16.9. The Morgan fingerprint density at radius 1 is 1.11 bits per heavy atom. The summed E-state index contributed by atoms with van der Waals surface area (Å²) in [6.45, 7) is 0. The largest absolute Gasteiger partial charge is 0.450 e. The average molecular weight is 555 g/mol. The molecule has 3 aromatic carbocycles. The van der Waals surface area contributed by atoms with Gasteiger partial charge in [0.2, 0.25) is 5.75 Å². The number of carbonyl (C=O) groups is 1. The van der Waals surface area contributed by atoms with Crippen LogP contribution in [0.3, 0.4) is 0 Å². The molecular weight excluding hydrogens is 544 g/mol. The van der Waals surface area contributed by atoms with Crippen molar-refractivity contribution in [3.05, 3.63) is 97.6 Å². The SMILES string of the molecule is O=C1/C(=C\c2cccc(Oc3ccc(C(F)(F)F)cc3[N+](=O)[O-])c2)SC(=S)N1c1ccc(F)c(Cl)c1. The molecule has 0 atom stereocenters. The second-order valence-corrected chi connectivity index (χ2v) is 9.31. The number of alkyl halides is 3. The van der Waals surface area contributed by atoms with Crippen molar-refractivity contribution in [3.63, 3.8) is 0 Å². The minimum absolute atomic E-state index is 0.0902. The summed E-state index contributed by atoms with van der Waals surface area (Å²) in [5, 5.41) is 11.1. The normalized spacial score (nSPS) is 15.0. The van der Waals surface area contributed by atoms with Gasteiger partial charge in [-0.25, -0.2) is 4.39 Å². The van der Waals surface area contributed by atoms with Crippen molar-refractivity contribution < 1.29 is 32.0 Å². The standard InChI is InChI=1S/C23H11ClF4N2O4S2/c24-16-11-14(5-6-17(16)25)29-21(31)20(36-22(29)35)9-12-2-1-3-15(8-12)34-19-7-4-13(23(26,27)28)10-18(19)30(32)33/h1-11H/b20-9+. The third kappa shape index (κ3) is 5.35. The molecule has 184 valence electrons. The van der Waals surface area contributed by atoms with Crippen LogP contribution in [-0.2, 0) is 11.0 Å². The molecule has 1 fully saturated rings. The van der Waals surface area contributed by atoms with Crippen molar-refractivity contribution >= 4 is 63.3 Å². The summed E-state index contributed by atoms with van der Waals surface area (Å²) in [7, 11) is 0. The highest BCUT2D eigenvalue weighted by Crippen LogP contribution is 2.39.